The van der Waals surface area contributed by atoms with Crippen molar-refractivity contribution in [2.45, 2.75) is 24.1 Å². The Labute approximate surface area is 213 Å². The molecule has 1 aromatic carbocycles. The summed E-state index contributed by atoms with van der Waals surface area (Å²) in [5.74, 6) is -0.231. The van der Waals surface area contributed by atoms with Crippen LogP contribution in [0, 0.1) is 0 Å². The first-order chi connectivity index (χ1) is 16.4. The Hall–Kier alpha value is -2.34. The van der Waals surface area contributed by atoms with Crippen LogP contribution in [0.5, 0.6) is 5.75 Å². The molecule has 1 fully saturated rings. The maximum absolute atomic E-state index is 13.3. The molecular weight excluding hydrogens is 544 g/mol. The zero-order chi connectivity index (χ0) is 24.3. The molecule has 34 heavy (non-hydrogen) atoms. The summed E-state index contributed by atoms with van der Waals surface area (Å²) in [5, 5.41) is 4.48. The average molecular weight is 567 g/mol. The summed E-state index contributed by atoms with van der Waals surface area (Å²) in [6.07, 6.45) is 0.146. The second-order valence-corrected chi connectivity index (χ2v) is 10.3. The quantitative estimate of drug-likeness (QED) is 0.216. The van der Waals surface area contributed by atoms with Gasteiger partial charge in [0.2, 0.25) is 5.91 Å². The third-order valence-electron chi connectivity index (χ3n) is 5.56. The van der Waals surface area contributed by atoms with Gasteiger partial charge in [0.1, 0.15) is 23.4 Å². The van der Waals surface area contributed by atoms with Gasteiger partial charge in [-0.1, -0.05) is 34.1 Å². The molecule has 8 nitrogen and oxygen atoms in total. The van der Waals surface area contributed by atoms with Crippen LogP contribution in [0.15, 0.2) is 53.0 Å². The highest BCUT2D eigenvalue weighted by Crippen LogP contribution is 2.47. The number of carbonyl (C=O) groups is 3. The highest BCUT2D eigenvalue weighted by Gasteiger charge is 2.66. The number of ether oxygens (including phenoxy) is 3. The van der Waals surface area contributed by atoms with E-state index < -0.39 is 23.0 Å². The SMILES string of the molecule is COc1ccc(COC(=O)C2=C(CBr)CS[C@@H]3N2C(=O)C3(NC(=O)Cc2cccs2)OC)cc1. The topological polar surface area (TPSA) is 94.2 Å². The number of β-lactam (4-membered cyclic amide) rings is 1. The first-order valence-corrected chi connectivity index (χ1v) is 13.4. The van der Waals surface area contributed by atoms with Crippen LogP contribution in [0.1, 0.15) is 10.4 Å². The number of hydrogen-bond donors (Lipinski definition) is 1. The second-order valence-electron chi connectivity index (χ2n) is 7.59. The van der Waals surface area contributed by atoms with E-state index in [0.717, 1.165) is 16.0 Å². The van der Waals surface area contributed by atoms with Crippen LogP contribution in [-0.4, -0.2) is 59.1 Å². The number of amides is 2. The van der Waals surface area contributed by atoms with Crippen LogP contribution < -0.4 is 10.1 Å². The van der Waals surface area contributed by atoms with Crippen LogP contribution in [-0.2, 0) is 36.9 Å². The third kappa shape index (κ3) is 4.61. The molecule has 3 heterocycles. The number of esters is 1. The van der Waals surface area contributed by atoms with Crippen molar-refractivity contribution >= 4 is 56.8 Å². The zero-order valence-electron chi connectivity index (χ0n) is 18.5. The van der Waals surface area contributed by atoms with Gasteiger partial charge in [-0.15, -0.1) is 23.1 Å². The Morgan fingerprint density at radius 1 is 1.24 bits per heavy atom. The minimum atomic E-state index is -1.53. The summed E-state index contributed by atoms with van der Waals surface area (Å²) in [5.41, 5.74) is 0.195. The molecule has 1 N–H and O–H groups in total. The number of alkyl halides is 1. The van der Waals surface area contributed by atoms with Crippen LogP contribution in [0.3, 0.4) is 0 Å². The molecule has 0 aliphatic carbocycles. The lowest BCUT2D eigenvalue weighted by Crippen LogP contribution is -2.80. The highest BCUT2D eigenvalue weighted by molar-refractivity contribution is 9.09. The van der Waals surface area contributed by atoms with Crippen molar-refractivity contribution in [3.8, 4) is 5.75 Å². The molecule has 1 saturated heterocycles. The van der Waals surface area contributed by atoms with Gasteiger partial charge in [-0.3, -0.25) is 14.5 Å². The number of benzene rings is 1. The number of thiophene rings is 1. The summed E-state index contributed by atoms with van der Waals surface area (Å²) in [6, 6.07) is 10.9. The van der Waals surface area contributed by atoms with E-state index in [0.29, 0.717) is 16.8 Å². The molecular formula is C23H23BrN2O6S2. The van der Waals surface area contributed by atoms with Crippen molar-refractivity contribution < 1.29 is 28.6 Å². The van der Waals surface area contributed by atoms with E-state index in [2.05, 4.69) is 21.2 Å². The fraction of sp³-hybridized carbons (Fsp3) is 0.348. The molecule has 0 saturated carbocycles. The van der Waals surface area contributed by atoms with Gasteiger partial charge in [0.25, 0.3) is 11.6 Å². The highest BCUT2D eigenvalue weighted by atomic mass is 79.9. The monoisotopic (exact) mass is 566 g/mol. The molecule has 11 heteroatoms. The van der Waals surface area contributed by atoms with Gasteiger partial charge in [-0.25, -0.2) is 4.79 Å². The van der Waals surface area contributed by atoms with E-state index in [1.807, 2.05) is 17.5 Å². The predicted octanol–water partition coefficient (Wildman–Crippen LogP) is 3.07. The number of nitrogens with one attached hydrogen (secondary N) is 1. The van der Waals surface area contributed by atoms with E-state index >= 15 is 0 Å². The summed E-state index contributed by atoms with van der Waals surface area (Å²) in [4.78, 5) is 41.3. The van der Waals surface area contributed by atoms with Crippen LogP contribution in [0.4, 0.5) is 0 Å². The molecule has 2 atom stereocenters. The normalized spacial score (nSPS) is 21.6. The molecule has 0 bridgehead atoms. The molecule has 2 aliphatic rings. The van der Waals surface area contributed by atoms with Crippen molar-refractivity contribution in [1.82, 2.24) is 10.2 Å². The van der Waals surface area contributed by atoms with Gasteiger partial charge >= 0.3 is 5.97 Å². The summed E-state index contributed by atoms with van der Waals surface area (Å²) in [6.45, 7) is 0.0503. The Balaban J connectivity index is 1.49. The Bertz CT molecular complexity index is 1110. The number of thioether (sulfide) groups is 1. The third-order valence-corrected chi connectivity index (χ3v) is 8.48. The van der Waals surface area contributed by atoms with Crippen molar-refractivity contribution in [3.63, 3.8) is 0 Å². The van der Waals surface area contributed by atoms with E-state index in [4.69, 9.17) is 14.2 Å². The Morgan fingerprint density at radius 2 is 2.00 bits per heavy atom. The van der Waals surface area contributed by atoms with Crippen molar-refractivity contribution in [3.05, 3.63) is 63.5 Å². The Morgan fingerprint density at radius 3 is 2.62 bits per heavy atom. The fourth-order valence-corrected chi connectivity index (χ4v) is 6.66. The molecule has 2 aliphatic heterocycles. The van der Waals surface area contributed by atoms with Crippen molar-refractivity contribution in [2.24, 2.45) is 0 Å². The molecule has 2 amide bonds. The van der Waals surface area contributed by atoms with E-state index in [1.54, 1.807) is 31.4 Å². The lowest BCUT2D eigenvalue weighted by Gasteiger charge is -2.56. The molecule has 2 aromatic rings. The number of carbonyl (C=O) groups excluding carboxylic acids is 3. The van der Waals surface area contributed by atoms with Crippen LogP contribution >= 0.6 is 39.0 Å². The van der Waals surface area contributed by atoms with Crippen molar-refractivity contribution in [1.29, 1.82) is 0 Å². The number of methoxy groups -OCH3 is 2. The summed E-state index contributed by atoms with van der Waals surface area (Å²) < 4.78 is 16.2. The minimum Gasteiger partial charge on any atom is -0.497 e. The van der Waals surface area contributed by atoms with Crippen molar-refractivity contribution in [2.75, 3.05) is 25.3 Å². The van der Waals surface area contributed by atoms with Gasteiger partial charge in [0.05, 0.1) is 13.5 Å². The smallest absolute Gasteiger partial charge is 0.355 e. The Kier molecular flexibility index (Phi) is 7.66. The lowest BCUT2D eigenvalue weighted by molar-refractivity contribution is -0.193. The molecule has 1 aromatic heterocycles. The van der Waals surface area contributed by atoms with Gasteiger partial charge in [0, 0.05) is 23.1 Å². The largest absolute Gasteiger partial charge is 0.497 e. The van der Waals surface area contributed by atoms with Gasteiger partial charge < -0.3 is 19.5 Å². The van der Waals surface area contributed by atoms with E-state index in [-0.39, 0.29) is 24.6 Å². The fourth-order valence-electron chi connectivity index (χ4n) is 3.80. The number of halogens is 1. The minimum absolute atomic E-state index is 0.0503. The predicted molar refractivity (Wildman–Crippen MR) is 133 cm³/mol. The molecule has 4 rings (SSSR count). The second kappa shape index (κ2) is 10.5. The number of nitrogens with zero attached hydrogens (tertiary/aromatic N) is 1. The standard InChI is InChI=1S/C23H23BrN2O6S2/c1-30-16-7-5-14(6-8-16)12-32-20(28)19-15(11-24)13-34-22-23(31-2,21(29)26(19)22)25-18(27)10-17-4-3-9-33-17/h3-9,22H,10-13H2,1-2H3,(H,25,27)/t22-,23?/m0/s1. The maximum atomic E-state index is 13.3. The summed E-state index contributed by atoms with van der Waals surface area (Å²) >= 11 is 6.30. The van der Waals surface area contributed by atoms with E-state index in [9.17, 15) is 14.4 Å². The maximum Gasteiger partial charge on any atom is 0.355 e. The number of hydrogen-bond acceptors (Lipinski definition) is 8. The number of fused-ring (bicyclic) bond motifs is 1. The average Bonchev–Trinajstić information content (AvgIpc) is 3.37. The molecule has 0 spiro atoms. The van der Waals surface area contributed by atoms with Crippen LogP contribution in [0.2, 0.25) is 0 Å². The zero-order valence-corrected chi connectivity index (χ0v) is 21.8. The first kappa shape index (κ1) is 24.8. The summed E-state index contributed by atoms with van der Waals surface area (Å²) in [7, 11) is 2.96. The van der Waals surface area contributed by atoms with Gasteiger partial charge in [0.15, 0.2) is 0 Å². The molecule has 0 radical (unpaired) electrons. The van der Waals surface area contributed by atoms with Gasteiger partial charge in [-0.2, -0.15) is 0 Å². The van der Waals surface area contributed by atoms with Crippen LogP contribution in [0.25, 0.3) is 0 Å². The first-order valence-electron chi connectivity index (χ1n) is 10.3. The lowest BCUT2D eigenvalue weighted by atomic mass is 9.98. The molecule has 180 valence electrons. The van der Waals surface area contributed by atoms with E-state index in [1.165, 1.54) is 35.1 Å². The van der Waals surface area contributed by atoms with Gasteiger partial charge in [-0.05, 0) is 34.7 Å². The number of rotatable bonds is 9. The molecule has 1 unspecified atom stereocenters.